The van der Waals surface area contributed by atoms with Gasteiger partial charge >= 0.3 is 0 Å². The molecule has 3 rings (SSSR count). The largest absolute Gasteiger partial charge is 0.484 e. The van der Waals surface area contributed by atoms with Crippen molar-refractivity contribution in [2.45, 2.75) is 17.8 Å². The van der Waals surface area contributed by atoms with Gasteiger partial charge in [0.1, 0.15) is 12.1 Å². The third kappa shape index (κ3) is 6.08. The van der Waals surface area contributed by atoms with Crippen LogP contribution in [0.3, 0.4) is 0 Å². The maximum absolute atomic E-state index is 12.2. The standard InChI is InChI=1S/C20H21N5O3S/c1-14-4-3-5-17(10-14)28-11-18(26)22-23-19(27)16-8-6-15(7-9-16)12-29-20-24-21-13-25(20)2/h3-10,13H,11-12H2,1-2H3,(H,22,26)(H,23,27). The summed E-state index contributed by atoms with van der Waals surface area (Å²) in [5, 5.41) is 8.68. The minimum atomic E-state index is -0.448. The first-order chi connectivity index (χ1) is 14.0. The number of hydrazine groups is 1. The second kappa shape index (κ2) is 9.74. The van der Waals surface area contributed by atoms with Gasteiger partial charge in [-0.1, -0.05) is 36.0 Å². The molecule has 1 heterocycles. The van der Waals surface area contributed by atoms with E-state index in [0.717, 1.165) is 16.3 Å². The lowest BCUT2D eigenvalue weighted by Crippen LogP contribution is -2.43. The van der Waals surface area contributed by atoms with Gasteiger partial charge in [0, 0.05) is 18.4 Å². The maximum Gasteiger partial charge on any atom is 0.276 e. The highest BCUT2D eigenvalue weighted by molar-refractivity contribution is 7.98. The van der Waals surface area contributed by atoms with Crippen LogP contribution in [-0.2, 0) is 17.6 Å². The van der Waals surface area contributed by atoms with Gasteiger partial charge in [0.2, 0.25) is 0 Å². The number of rotatable bonds is 7. The maximum atomic E-state index is 12.2. The van der Waals surface area contributed by atoms with Gasteiger partial charge in [-0.15, -0.1) is 10.2 Å². The first-order valence-electron chi connectivity index (χ1n) is 8.85. The number of aromatic nitrogens is 3. The van der Waals surface area contributed by atoms with Gasteiger partial charge in [-0.3, -0.25) is 20.4 Å². The van der Waals surface area contributed by atoms with Crippen molar-refractivity contribution in [3.8, 4) is 5.75 Å². The van der Waals surface area contributed by atoms with Crippen molar-refractivity contribution in [1.82, 2.24) is 25.6 Å². The fourth-order valence-electron chi connectivity index (χ4n) is 2.39. The number of amides is 2. The molecule has 9 heteroatoms. The SMILES string of the molecule is Cc1cccc(OCC(=O)NNC(=O)c2ccc(CSc3nncn3C)cc2)c1. The summed E-state index contributed by atoms with van der Waals surface area (Å²) in [5.41, 5.74) is 7.25. The van der Waals surface area contributed by atoms with E-state index in [-0.39, 0.29) is 6.61 Å². The summed E-state index contributed by atoms with van der Waals surface area (Å²) in [6, 6.07) is 14.5. The molecule has 0 atom stereocenters. The number of nitrogens with one attached hydrogen (secondary N) is 2. The smallest absolute Gasteiger partial charge is 0.276 e. The molecular formula is C20H21N5O3S. The molecule has 0 fully saturated rings. The van der Waals surface area contributed by atoms with Crippen LogP contribution < -0.4 is 15.6 Å². The van der Waals surface area contributed by atoms with E-state index < -0.39 is 11.8 Å². The van der Waals surface area contributed by atoms with Crippen molar-refractivity contribution >= 4 is 23.6 Å². The van der Waals surface area contributed by atoms with Crippen molar-refractivity contribution in [3.05, 3.63) is 71.5 Å². The highest BCUT2D eigenvalue weighted by Gasteiger charge is 2.09. The third-order valence-electron chi connectivity index (χ3n) is 3.93. The minimum Gasteiger partial charge on any atom is -0.484 e. The van der Waals surface area contributed by atoms with E-state index in [2.05, 4.69) is 21.0 Å². The molecule has 0 bridgehead atoms. The summed E-state index contributed by atoms with van der Waals surface area (Å²) in [6.07, 6.45) is 1.65. The van der Waals surface area contributed by atoms with E-state index in [1.54, 1.807) is 36.3 Å². The predicted molar refractivity (Wildman–Crippen MR) is 109 cm³/mol. The average Bonchev–Trinajstić information content (AvgIpc) is 3.14. The van der Waals surface area contributed by atoms with Crippen LogP contribution in [0.1, 0.15) is 21.5 Å². The monoisotopic (exact) mass is 411 g/mol. The number of benzene rings is 2. The summed E-state index contributed by atoms with van der Waals surface area (Å²) in [6.45, 7) is 1.74. The van der Waals surface area contributed by atoms with Gasteiger partial charge in [-0.2, -0.15) is 0 Å². The number of ether oxygens (including phenoxy) is 1. The number of thioether (sulfide) groups is 1. The second-order valence-corrected chi connectivity index (χ2v) is 7.26. The minimum absolute atomic E-state index is 0.193. The van der Waals surface area contributed by atoms with Gasteiger partial charge in [-0.05, 0) is 42.3 Å². The van der Waals surface area contributed by atoms with Crippen LogP contribution in [0.5, 0.6) is 5.75 Å². The Kier molecular flexibility index (Phi) is 6.85. The van der Waals surface area contributed by atoms with Gasteiger partial charge in [-0.25, -0.2) is 0 Å². The topological polar surface area (TPSA) is 98.1 Å². The Hall–Kier alpha value is -3.33. The lowest BCUT2D eigenvalue weighted by molar-refractivity contribution is -0.123. The molecule has 3 aromatic rings. The number of carbonyl (C=O) groups excluding carboxylic acids is 2. The molecular weight excluding hydrogens is 390 g/mol. The Morgan fingerprint density at radius 1 is 1.14 bits per heavy atom. The van der Waals surface area contributed by atoms with Crippen LogP contribution in [0.4, 0.5) is 0 Å². The van der Waals surface area contributed by atoms with Crippen molar-refractivity contribution in [1.29, 1.82) is 0 Å². The number of hydrogen-bond donors (Lipinski definition) is 2. The van der Waals surface area contributed by atoms with Crippen LogP contribution in [0.25, 0.3) is 0 Å². The van der Waals surface area contributed by atoms with E-state index in [4.69, 9.17) is 4.74 Å². The van der Waals surface area contributed by atoms with E-state index in [0.29, 0.717) is 17.1 Å². The van der Waals surface area contributed by atoms with Crippen molar-refractivity contribution in [2.75, 3.05) is 6.61 Å². The first-order valence-corrected chi connectivity index (χ1v) is 9.84. The second-order valence-electron chi connectivity index (χ2n) is 6.32. The summed E-state index contributed by atoms with van der Waals surface area (Å²) >= 11 is 1.56. The number of nitrogens with zero attached hydrogens (tertiary/aromatic N) is 3. The molecule has 150 valence electrons. The molecule has 1 aromatic heterocycles. The quantitative estimate of drug-likeness (QED) is 0.457. The van der Waals surface area contributed by atoms with Gasteiger partial charge in [0.25, 0.3) is 11.8 Å². The van der Waals surface area contributed by atoms with Crippen LogP contribution in [0.15, 0.2) is 60.0 Å². The molecule has 2 N–H and O–H groups in total. The normalized spacial score (nSPS) is 10.4. The zero-order valence-electron chi connectivity index (χ0n) is 16.1. The Labute approximate surface area is 172 Å². The molecule has 0 radical (unpaired) electrons. The fourth-order valence-corrected chi connectivity index (χ4v) is 3.24. The van der Waals surface area contributed by atoms with Crippen LogP contribution in [-0.4, -0.2) is 33.2 Å². The van der Waals surface area contributed by atoms with E-state index in [1.165, 1.54) is 0 Å². The van der Waals surface area contributed by atoms with E-state index in [1.807, 2.05) is 48.9 Å². The Balaban J connectivity index is 1.43. The van der Waals surface area contributed by atoms with Gasteiger partial charge in [0.05, 0.1) is 0 Å². The zero-order valence-corrected chi connectivity index (χ0v) is 16.9. The van der Waals surface area contributed by atoms with Crippen LogP contribution in [0.2, 0.25) is 0 Å². The molecule has 8 nitrogen and oxygen atoms in total. The molecule has 2 aromatic carbocycles. The van der Waals surface area contributed by atoms with Crippen molar-refractivity contribution in [2.24, 2.45) is 7.05 Å². The molecule has 0 aliphatic heterocycles. The molecule has 0 unspecified atom stereocenters. The lowest BCUT2D eigenvalue weighted by atomic mass is 10.1. The molecule has 2 amide bonds. The van der Waals surface area contributed by atoms with Gasteiger partial charge < -0.3 is 9.30 Å². The molecule has 0 aliphatic rings. The number of carbonyl (C=O) groups is 2. The van der Waals surface area contributed by atoms with Gasteiger partial charge in [0.15, 0.2) is 11.8 Å². The average molecular weight is 411 g/mol. The highest BCUT2D eigenvalue weighted by Crippen LogP contribution is 2.20. The summed E-state index contributed by atoms with van der Waals surface area (Å²) in [7, 11) is 1.88. The Morgan fingerprint density at radius 2 is 1.93 bits per heavy atom. The fraction of sp³-hybridized carbons (Fsp3) is 0.200. The highest BCUT2D eigenvalue weighted by atomic mass is 32.2. The molecule has 0 saturated carbocycles. The summed E-state index contributed by atoms with van der Waals surface area (Å²) in [5.74, 6) is 0.459. The summed E-state index contributed by atoms with van der Waals surface area (Å²) in [4.78, 5) is 24.0. The Bertz CT molecular complexity index is 988. The third-order valence-corrected chi connectivity index (χ3v) is 5.03. The van der Waals surface area contributed by atoms with Crippen molar-refractivity contribution in [3.63, 3.8) is 0 Å². The van der Waals surface area contributed by atoms with E-state index in [9.17, 15) is 9.59 Å². The van der Waals surface area contributed by atoms with E-state index >= 15 is 0 Å². The molecule has 0 spiro atoms. The molecule has 0 aliphatic carbocycles. The Morgan fingerprint density at radius 3 is 2.62 bits per heavy atom. The number of hydrogen-bond acceptors (Lipinski definition) is 6. The molecule has 0 saturated heterocycles. The van der Waals surface area contributed by atoms with Crippen molar-refractivity contribution < 1.29 is 14.3 Å². The zero-order chi connectivity index (χ0) is 20.6. The first kappa shape index (κ1) is 20.4. The van der Waals surface area contributed by atoms with Crippen LogP contribution in [0, 0.1) is 6.92 Å². The van der Waals surface area contributed by atoms with Crippen LogP contribution >= 0.6 is 11.8 Å². The summed E-state index contributed by atoms with van der Waals surface area (Å²) < 4.78 is 7.24. The lowest BCUT2D eigenvalue weighted by Gasteiger charge is -2.09. The number of aryl methyl sites for hydroxylation is 2. The predicted octanol–water partition coefficient (Wildman–Crippen LogP) is 2.26. The molecule has 29 heavy (non-hydrogen) atoms.